The van der Waals surface area contributed by atoms with E-state index < -0.39 is 0 Å². The van der Waals surface area contributed by atoms with Crippen LogP contribution in [0.1, 0.15) is 22.8 Å². The van der Waals surface area contributed by atoms with Crippen LogP contribution in [0.15, 0.2) is 18.2 Å². The van der Waals surface area contributed by atoms with Crippen LogP contribution in [0, 0.1) is 6.92 Å². The van der Waals surface area contributed by atoms with Gasteiger partial charge < -0.3 is 15.6 Å². The van der Waals surface area contributed by atoms with Crippen molar-refractivity contribution in [2.24, 2.45) is 5.84 Å². The Morgan fingerprint density at radius 1 is 1.44 bits per heavy atom. The molecule has 0 aliphatic heterocycles. The van der Waals surface area contributed by atoms with Gasteiger partial charge >= 0.3 is 0 Å². The van der Waals surface area contributed by atoms with Crippen molar-refractivity contribution < 1.29 is 4.79 Å². The number of amides is 1. The highest BCUT2D eigenvalue weighted by molar-refractivity contribution is 5.99. The van der Waals surface area contributed by atoms with Crippen LogP contribution < -0.4 is 16.6 Å². The molecule has 0 aliphatic carbocycles. The molecule has 1 aromatic rings. The lowest BCUT2D eigenvalue weighted by Gasteiger charge is -2.15. The van der Waals surface area contributed by atoms with Crippen LogP contribution in [-0.2, 0) is 0 Å². The molecular formula is C13H22N4O. The van der Waals surface area contributed by atoms with Gasteiger partial charge in [-0.25, -0.2) is 0 Å². The first kappa shape index (κ1) is 14.5. The number of nitrogen functional groups attached to an aromatic ring is 1. The third kappa shape index (κ3) is 4.01. The molecule has 0 heterocycles. The van der Waals surface area contributed by atoms with Crippen molar-refractivity contribution in [3.05, 3.63) is 29.3 Å². The first-order chi connectivity index (χ1) is 8.58. The monoisotopic (exact) mass is 250 g/mol. The zero-order chi connectivity index (χ0) is 13.5. The van der Waals surface area contributed by atoms with Crippen LogP contribution >= 0.6 is 0 Å². The molecule has 0 atom stereocenters. The van der Waals surface area contributed by atoms with Gasteiger partial charge in [-0.2, -0.15) is 0 Å². The van der Waals surface area contributed by atoms with E-state index in [9.17, 15) is 4.79 Å². The van der Waals surface area contributed by atoms with Gasteiger partial charge in [0.05, 0.1) is 11.3 Å². The number of hydrazine groups is 1. The SMILES string of the molecule is CCN(C)CCNC(=O)c1ccc(C)cc1NN. The highest BCUT2D eigenvalue weighted by atomic mass is 16.1. The van der Waals surface area contributed by atoms with Gasteiger partial charge in [0, 0.05) is 13.1 Å². The lowest BCUT2D eigenvalue weighted by Crippen LogP contribution is -2.33. The van der Waals surface area contributed by atoms with Gasteiger partial charge in [0.25, 0.3) is 5.91 Å². The second-order valence-electron chi connectivity index (χ2n) is 4.35. The number of nitrogens with one attached hydrogen (secondary N) is 2. The van der Waals surface area contributed by atoms with Crippen molar-refractivity contribution in [3.63, 3.8) is 0 Å². The number of nitrogens with zero attached hydrogens (tertiary/aromatic N) is 1. The van der Waals surface area contributed by atoms with Crippen molar-refractivity contribution in [1.29, 1.82) is 0 Å². The molecule has 0 fully saturated rings. The van der Waals surface area contributed by atoms with Gasteiger partial charge in [-0.15, -0.1) is 0 Å². The highest BCUT2D eigenvalue weighted by Crippen LogP contribution is 2.16. The third-order valence-corrected chi connectivity index (χ3v) is 2.89. The second kappa shape index (κ2) is 6.98. The summed E-state index contributed by atoms with van der Waals surface area (Å²) < 4.78 is 0. The molecule has 0 aromatic heterocycles. The van der Waals surface area contributed by atoms with E-state index in [0.717, 1.165) is 18.7 Å². The molecular weight excluding hydrogens is 228 g/mol. The molecule has 0 unspecified atom stereocenters. The molecule has 1 aromatic carbocycles. The van der Waals surface area contributed by atoms with Gasteiger partial charge in [-0.3, -0.25) is 10.6 Å². The first-order valence-electron chi connectivity index (χ1n) is 6.12. The lowest BCUT2D eigenvalue weighted by atomic mass is 10.1. The number of rotatable bonds is 6. The van der Waals surface area contributed by atoms with Gasteiger partial charge in [0.1, 0.15) is 0 Å². The number of aryl methyl sites for hydroxylation is 1. The summed E-state index contributed by atoms with van der Waals surface area (Å²) in [7, 11) is 2.02. The molecule has 0 aliphatic rings. The summed E-state index contributed by atoms with van der Waals surface area (Å²) in [6.45, 7) is 6.47. The number of likely N-dealkylation sites (N-methyl/N-ethyl adjacent to an activating group) is 1. The summed E-state index contributed by atoms with van der Waals surface area (Å²) in [6.07, 6.45) is 0. The Balaban J connectivity index is 2.61. The highest BCUT2D eigenvalue weighted by Gasteiger charge is 2.10. The molecule has 100 valence electrons. The molecule has 0 bridgehead atoms. The number of hydrogen-bond donors (Lipinski definition) is 3. The van der Waals surface area contributed by atoms with Crippen LogP contribution in [0.25, 0.3) is 0 Å². The molecule has 1 amide bonds. The fraction of sp³-hybridized carbons (Fsp3) is 0.462. The van der Waals surface area contributed by atoms with E-state index in [2.05, 4.69) is 22.6 Å². The predicted molar refractivity (Wildman–Crippen MR) is 74.5 cm³/mol. The minimum atomic E-state index is -0.104. The quantitative estimate of drug-likeness (QED) is 0.519. The van der Waals surface area contributed by atoms with E-state index in [1.165, 1.54) is 0 Å². The molecule has 5 nitrogen and oxygen atoms in total. The van der Waals surface area contributed by atoms with E-state index in [0.29, 0.717) is 17.8 Å². The van der Waals surface area contributed by atoms with Crippen molar-refractivity contribution in [2.45, 2.75) is 13.8 Å². The summed E-state index contributed by atoms with van der Waals surface area (Å²) in [5.74, 6) is 5.31. The summed E-state index contributed by atoms with van der Waals surface area (Å²) in [5, 5.41) is 2.88. The fourth-order valence-electron chi connectivity index (χ4n) is 1.59. The van der Waals surface area contributed by atoms with Crippen molar-refractivity contribution in [3.8, 4) is 0 Å². The molecule has 4 N–H and O–H groups in total. The fourth-order valence-corrected chi connectivity index (χ4v) is 1.59. The number of hydrogen-bond acceptors (Lipinski definition) is 4. The summed E-state index contributed by atoms with van der Waals surface area (Å²) in [6, 6.07) is 5.53. The Kier molecular flexibility index (Phi) is 5.61. The average molecular weight is 250 g/mol. The Hall–Kier alpha value is -1.59. The summed E-state index contributed by atoms with van der Waals surface area (Å²) in [4.78, 5) is 14.1. The van der Waals surface area contributed by atoms with Crippen molar-refractivity contribution >= 4 is 11.6 Å². The van der Waals surface area contributed by atoms with E-state index in [1.54, 1.807) is 6.07 Å². The Labute approximate surface area is 108 Å². The van der Waals surface area contributed by atoms with Crippen LogP contribution in [0.4, 0.5) is 5.69 Å². The maximum atomic E-state index is 12.0. The molecule has 0 saturated carbocycles. The summed E-state index contributed by atoms with van der Waals surface area (Å²) >= 11 is 0. The number of carbonyl (C=O) groups excluding carboxylic acids is 1. The molecule has 0 saturated heterocycles. The summed E-state index contributed by atoms with van der Waals surface area (Å²) in [5.41, 5.74) is 4.84. The van der Waals surface area contributed by atoms with Crippen molar-refractivity contribution in [1.82, 2.24) is 10.2 Å². The normalized spacial score (nSPS) is 10.5. The van der Waals surface area contributed by atoms with Gasteiger partial charge in [-0.1, -0.05) is 13.0 Å². The maximum Gasteiger partial charge on any atom is 0.253 e. The molecule has 0 radical (unpaired) electrons. The number of anilines is 1. The van der Waals surface area contributed by atoms with Crippen LogP contribution in [0.3, 0.4) is 0 Å². The van der Waals surface area contributed by atoms with Gasteiger partial charge in [-0.05, 0) is 38.2 Å². The van der Waals surface area contributed by atoms with E-state index in [-0.39, 0.29) is 5.91 Å². The van der Waals surface area contributed by atoms with Crippen molar-refractivity contribution in [2.75, 3.05) is 32.1 Å². The average Bonchev–Trinajstić information content (AvgIpc) is 2.37. The third-order valence-electron chi connectivity index (χ3n) is 2.89. The Bertz CT molecular complexity index is 406. The Morgan fingerprint density at radius 3 is 2.78 bits per heavy atom. The smallest absolute Gasteiger partial charge is 0.253 e. The van der Waals surface area contributed by atoms with E-state index >= 15 is 0 Å². The van der Waals surface area contributed by atoms with E-state index in [4.69, 9.17) is 5.84 Å². The topological polar surface area (TPSA) is 70.4 Å². The first-order valence-corrected chi connectivity index (χ1v) is 6.12. The second-order valence-corrected chi connectivity index (χ2v) is 4.35. The largest absolute Gasteiger partial charge is 0.351 e. The standard InChI is InChI=1S/C13H22N4O/c1-4-17(3)8-7-15-13(18)11-6-5-10(2)9-12(11)16-14/h5-6,9,16H,4,7-8,14H2,1-3H3,(H,15,18). The minimum absolute atomic E-state index is 0.104. The molecule has 5 heteroatoms. The van der Waals surface area contributed by atoms with E-state index in [1.807, 2.05) is 26.1 Å². The molecule has 1 rings (SSSR count). The van der Waals surface area contributed by atoms with Crippen LogP contribution in [0.5, 0.6) is 0 Å². The predicted octanol–water partition coefficient (Wildman–Crippen LogP) is 0.962. The number of benzene rings is 1. The number of carbonyl (C=O) groups is 1. The molecule has 18 heavy (non-hydrogen) atoms. The zero-order valence-corrected chi connectivity index (χ0v) is 11.3. The zero-order valence-electron chi connectivity index (χ0n) is 11.3. The van der Waals surface area contributed by atoms with Crippen LogP contribution in [0.2, 0.25) is 0 Å². The minimum Gasteiger partial charge on any atom is -0.351 e. The number of nitrogens with two attached hydrogens (primary N) is 1. The molecule has 0 spiro atoms. The Morgan fingerprint density at radius 2 is 2.17 bits per heavy atom. The van der Waals surface area contributed by atoms with Crippen LogP contribution in [-0.4, -0.2) is 37.5 Å². The maximum absolute atomic E-state index is 12.0. The lowest BCUT2D eigenvalue weighted by molar-refractivity contribution is 0.0951. The van der Waals surface area contributed by atoms with Gasteiger partial charge in [0.15, 0.2) is 0 Å². The van der Waals surface area contributed by atoms with Gasteiger partial charge in [0.2, 0.25) is 0 Å².